The first-order chi connectivity index (χ1) is 15.5. The van der Waals surface area contributed by atoms with Gasteiger partial charge in [0.1, 0.15) is 11.5 Å². The molecule has 2 heterocycles. The number of nitrogens with two attached hydrogens (primary N) is 1. The van der Waals surface area contributed by atoms with Crippen molar-refractivity contribution in [1.82, 2.24) is 0 Å². The molecule has 0 bridgehead atoms. The molecule has 5 rings (SSSR count). The van der Waals surface area contributed by atoms with E-state index >= 15 is 0 Å². The van der Waals surface area contributed by atoms with Crippen molar-refractivity contribution in [3.8, 4) is 17.6 Å². The van der Waals surface area contributed by atoms with E-state index in [1.807, 2.05) is 0 Å². The molecule has 0 radical (unpaired) electrons. The molecule has 0 saturated heterocycles. The van der Waals surface area contributed by atoms with E-state index < -0.39 is 10.8 Å². The van der Waals surface area contributed by atoms with Crippen molar-refractivity contribution in [2.45, 2.75) is 25.2 Å². The number of carbonyl (C=O) groups is 1. The highest BCUT2D eigenvalue weighted by atomic mass is 16.7. The number of allylic oxidation sites excluding steroid dienone is 3. The second kappa shape index (κ2) is 7.42. The molecule has 3 aliphatic rings. The third kappa shape index (κ3) is 2.88. The molecule has 1 atom stereocenters. The number of Topliss-reactive ketones (excluding diaryl/α,β-unsaturated/α-hetero) is 1. The number of ether oxygens (including phenoxy) is 2. The largest absolute Gasteiger partial charge is 0.454 e. The third-order valence-electron chi connectivity index (χ3n) is 5.96. The second-order valence-electron chi connectivity index (χ2n) is 7.67. The summed E-state index contributed by atoms with van der Waals surface area (Å²) in [6.45, 7) is 0.102. The Bertz CT molecular complexity index is 1270. The fourth-order valence-electron chi connectivity index (χ4n) is 4.60. The number of carbonyl (C=O) groups excluding carboxylic acids is 1. The predicted molar refractivity (Wildman–Crippen MR) is 114 cm³/mol. The molecule has 0 saturated carbocycles. The van der Waals surface area contributed by atoms with Crippen molar-refractivity contribution in [2.75, 3.05) is 11.7 Å². The molecular weight excluding hydrogens is 412 g/mol. The normalized spacial score (nSPS) is 19.7. The van der Waals surface area contributed by atoms with Crippen molar-refractivity contribution in [3.63, 3.8) is 0 Å². The number of ketones is 1. The van der Waals surface area contributed by atoms with Crippen molar-refractivity contribution in [2.24, 2.45) is 5.73 Å². The zero-order valence-corrected chi connectivity index (χ0v) is 16.9. The summed E-state index contributed by atoms with van der Waals surface area (Å²) in [4.78, 5) is 25.9. The molecule has 0 spiro atoms. The van der Waals surface area contributed by atoms with Gasteiger partial charge in [-0.15, -0.1) is 0 Å². The van der Waals surface area contributed by atoms with Gasteiger partial charge in [0.2, 0.25) is 6.79 Å². The summed E-state index contributed by atoms with van der Waals surface area (Å²) in [5, 5.41) is 21.8. The first-order valence-electron chi connectivity index (χ1n) is 10.1. The lowest BCUT2D eigenvalue weighted by Gasteiger charge is -2.39. The zero-order valence-electron chi connectivity index (χ0n) is 16.9. The Morgan fingerprint density at radius 1 is 1.16 bits per heavy atom. The van der Waals surface area contributed by atoms with Crippen molar-refractivity contribution >= 4 is 17.2 Å². The molecule has 2 aromatic carbocycles. The molecule has 1 unspecified atom stereocenters. The van der Waals surface area contributed by atoms with E-state index in [1.54, 1.807) is 36.4 Å². The summed E-state index contributed by atoms with van der Waals surface area (Å²) in [5.41, 5.74) is 8.44. The molecule has 0 fully saturated rings. The van der Waals surface area contributed by atoms with E-state index in [1.165, 1.54) is 11.0 Å². The van der Waals surface area contributed by atoms with Crippen LogP contribution in [0.3, 0.4) is 0 Å². The zero-order chi connectivity index (χ0) is 22.4. The fourth-order valence-corrected chi connectivity index (χ4v) is 4.60. The number of hydrogen-bond acceptors (Lipinski definition) is 8. The maximum absolute atomic E-state index is 13.2. The second-order valence-corrected chi connectivity index (χ2v) is 7.67. The first-order valence-corrected chi connectivity index (χ1v) is 10.1. The van der Waals surface area contributed by atoms with Gasteiger partial charge in [-0.05, 0) is 36.6 Å². The summed E-state index contributed by atoms with van der Waals surface area (Å²) in [5.74, 6) is 0.419. The lowest BCUT2D eigenvalue weighted by atomic mass is 9.75. The van der Waals surface area contributed by atoms with E-state index in [2.05, 4.69) is 6.07 Å². The Balaban J connectivity index is 1.75. The Hall–Kier alpha value is -4.32. The first kappa shape index (κ1) is 19.6. The van der Waals surface area contributed by atoms with Crippen LogP contribution in [0.1, 0.15) is 30.7 Å². The molecule has 1 aliphatic carbocycles. The minimum atomic E-state index is -0.684. The molecule has 0 amide bonds. The number of rotatable bonds is 3. The van der Waals surface area contributed by atoms with Crippen molar-refractivity contribution in [1.29, 1.82) is 5.26 Å². The fraction of sp³-hybridized carbons (Fsp3) is 0.217. The molecule has 9 heteroatoms. The highest BCUT2D eigenvalue weighted by molar-refractivity contribution is 6.01. The number of nitriles is 1. The molecule has 9 nitrogen and oxygen atoms in total. The van der Waals surface area contributed by atoms with Gasteiger partial charge >= 0.3 is 0 Å². The highest BCUT2D eigenvalue weighted by Gasteiger charge is 2.42. The number of nitro groups is 1. The van der Waals surface area contributed by atoms with Crippen LogP contribution in [0.2, 0.25) is 0 Å². The van der Waals surface area contributed by atoms with Crippen LogP contribution in [0.25, 0.3) is 0 Å². The van der Waals surface area contributed by atoms with Crippen LogP contribution in [0.5, 0.6) is 11.5 Å². The van der Waals surface area contributed by atoms with Gasteiger partial charge in [-0.1, -0.05) is 18.2 Å². The van der Waals surface area contributed by atoms with Crippen LogP contribution in [0, 0.1) is 21.4 Å². The number of nitro benzene ring substituents is 1. The summed E-state index contributed by atoms with van der Waals surface area (Å²) in [6.07, 6.45) is 1.44. The molecule has 2 N–H and O–H groups in total. The maximum Gasteiger partial charge on any atom is 0.293 e. The average molecular weight is 430 g/mol. The van der Waals surface area contributed by atoms with E-state index in [-0.39, 0.29) is 35.3 Å². The van der Waals surface area contributed by atoms with Gasteiger partial charge in [0.15, 0.2) is 17.3 Å². The van der Waals surface area contributed by atoms with Gasteiger partial charge in [0.05, 0.1) is 22.5 Å². The van der Waals surface area contributed by atoms with E-state index in [0.717, 1.165) is 0 Å². The molecular formula is C23H18N4O5. The van der Waals surface area contributed by atoms with Gasteiger partial charge in [-0.25, -0.2) is 0 Å². The smallest absolute Gasteiger partial charge is 0.293 e. The standard InChI is InChI=1S/C23H18N4O5/c24-11-14-21(13-8-9-19-20(10-13)32-12-31-19)22-17(6-3-7-18(22)28)26(23(14)25)15-4-1-2-5-16(15)27(29)30/h1-2,4-5,8-10,21H,3,6-7,12,25H2. The summed E-state index contributed by atoms with van der Waals surface area (Å²) in [6, 6.07) is 13.6. The van der Waals surface area contributed by atoms with E-state index in [0.29, 0.717) is 47.6 Å². The van der Waals surface area contributed by atoms with Gasteiger partial charge in [-0.2, -0.15) is 5.26 Å². The van der Waals surface area contributed by atoms with Crippen LogP contribution >= 0.6 is 0 Å². The lowest BCUT2D eigenvalue weighted by molar-refractivity contribution is -0.384. The van der Waals surface area contributed by atoms with Crippen LogP contribution in [0.4, 0.5) is 11.4 Å². The Morgan fingerprint density at radius 3 is 2.72 bits per heavy atom. The number of anilines is 1. The number of para-hydroxylation sites is 2. The van der Waals surface area contributed by atoms with Crippen molar-refractivity contribution < 1.29 is 19.2 Å². The number of fused-ring (bicyclic) bond motifs is 1. The Morgan fingerprint density at radius 2 is 1.94 bits per heavy atom. The van der Waals surface area contributed by atoms with Gasteiger partial charge in [0.25, 0.3) is 5.69 Å². The molecule has 2 aromatic rings. The van der Waals surface area contributed by atoms with Gasteiger partial charge in [0, 0.05) is 23.8 Å². The summed E-state index contributed by atoms with van der Waals surface area (Å²) in [7, 11) is 0. The molecule has 160 valence electrons. The minimum Gasteiger partial charge on any atom is -0.454 e. The summed E-state index contributed by atoms with van der Waals surface area (Å²) >= 11 is 0. The number of benzene rings is 2. The van der Waals surface area contributed by atoms with Gasteiger partial charge in [-0.3, -0.25) is 19.8 Å². The Labute approximate surface area is 183 Å². The minimum absolute atomic E-state index is 0.0814. The van der Waals surface area contributed by atoms with Crippen LogP contribution in [0.15, 0.2) is 65.1 Å². The average Bonchev–Trinajstić information content (AvgIpc) is 3.26. The molecule has 0 aromatic heterocycles. The third-order valence-corrected chi connectivity index (χ3v) is 5.96. The highest BCUT2D eigenvalue weighted by Crippen LogP contribution is 2.49. The molecule has 32 heavy (non-hydrogen) atoms. The lowest BCUT2D eigenvalue weighted by Crippen LogP contribution is -2.39. The Kier molecular flexibility index (Phi) is 4.56. The quantitative estimate of drug-likeness (QED) is 0.577. The summed E-state index contributed by atoms with van der Waals surface area (Å²) < 4.78 is 10.9. The molecule has 2 aliphatic heterocycles. The van der Waals surface area contributed by atoms with E-state index in [4.69, 9.17) is 15.2 Å². The van der Waals surface area contributed by atoms with Crippen LogP contribution in [-0.2, 0) is 4.79 Å². The topological polar surface area (TPSA) is 132 Å². The number of nitrogens with zero attached hydrogens (tertiary/aromatic N) is 3. The van der Waals surface area contributed by atoms with E-state index in [9.17, 15) is 20.2 Å². The number of hydrogen-bond donors (Lipinski definition) is 1. The SMILES string of the molecule is N#CC1=C(N)N(c2ccccc2[N+](=O)[O-])C2=C(C(=O)CCC2)C1c1ccc2c(c1)OCO2. The van der Waals surface area contributed by atoms with Crippen molar-refractivity contribution in [3.05, 3.63) is 80.8 Å². The maximum atomic E-state index is 13.2. The van der Waals surface area contributed by atoms with Crippen LogP contribution in [-0.4, -0.2) is 17.5 Å². The van der Waals surface area contributed by atoms with Gasteiger partial charge < -0.3 is 15.2 Å². The predicted octanol–water partition coefficient (Wildman–Crippen LogP) is 3.63. The monoisotopic (exact) mass is 430 g/mol. The van der Waals surface area contributed by atoms with Crippen LogP contribution < -0.4 is 20.1 Å².